The highest BCUT2D eigenvalue weighted by molar-refractivity contribution is 6.04. The van der Waals surface area contributed by atoms with Gasteiger partial charge in [0.15, 0.2) is 0 Å². The summed E-state index contributed by atoms with van der Waals surface area (Å²) in [5.41, 5.74) is 7.65. The number of carbonyl (C=O) groups excluding carboxylic acids is 2. The average Bonchev–Trinajstić information content (AvgIpc) is 2.98. The van der Waals surface area contributed by atoms with E-state index in [4.69, 9.17) is 5.73 Å². The number of aryl methyl sites for hydroxylation is 2. The summed E-state index contributed by atoms with van der Waals surface area (Å²) in [5.74, 6) is -0.482. The second-order valence-electron chi connectivity index (χ2n) is 5.06. The van der Waals surface area contributed by atoms with Gasteiger partial charge >= 0.3 is 0 Å². The van der Waals surface area contributed by atoms with Crippen molar-refractivity contribution in [3.63, 3.8) is 0 Å². The zero-order chi connectivity index (χ0) is 16.3. The Bertz CT molecular complexity index is 699. The predicted octanol–water partition coefficient (Wildman–Crippen LogP) is 1.15. The number of anilines is 2. The Morgan fingerprint density at radius 1 is 1.14 bits per heavy atom. The second kappa shape index (κ2) is 6.38. The van der Waals surface area contributed by atoms with Crippen molar-refractivity contribution in [2.24, 2.45) is 14.1 Å². The van der Waals surface area contributed by atoms with Crippen molar-refractivity contribution in [3.05, 3.63) is 42.8 Å². The molecule has 117 valence electrons. The zero-order valence-electron chi connectivity index (χ0n) is 12.7. The van der Waals surface area contributed by atoms with Gasteiger partial charge in [-0.15, -0.1) is 0 Å². The Kier molecular flexibility index (Phi) is 4.55. The van der Waals surface area contributed by atoms with Crippen LogP contribution in [-0.4, -0.2) is 27.5 Å². The molecule has 22 heavy (non-hydrogen) atoms. The fourth-order valence-electron chi connectivity index (χ4n) is 2.16. The van der Waals surface area contributed by atoms with Crippen LogP contribution in [0, 0.1) is 6.92 Å². The molecule has 0 aliphatic heterocycles. The quantitative estimate of drug-likeness (QED) is 0.773. The molecule has 0 saturated heterocycles. The summed E-state index contributed by atoms with van der Waals surface area (Å²) in [6, 6.07) is 3.22. The van der Waals surface area contributed by atoms with Crippen LogP contribution in [0.2, 0.25) is 0 Å². The van der Waals surface area contributed by atoms with Crippen LogP contribution in [0.5, 0.6) is 0 Å². The molecular weight excluding hydrogens is 282 g/mol. The Morgan fingerprint density at radius 2 is 1.77 bits per heavy atom. The van der Waals surface area contributed by atoms with E-state index < -0.39 is 0 Å². The molecule has 2 amide bonds. The van der Waals surface area contributed by atoms with Crippen LogP contribution < -0.4 is 16.4 Å². The molecule has 0 aromatic carbocycles. The first-order valence-electron chi connectivity index (χ1n) is 6.89. The highest BCUT2D eigenvalue weighted by Gasteiger charge is 2.15. The summed E-state index contributed by atoms with van der Waals surface area (Å²) < 4.78 is 3.31. The van der Waals surface area contributed by atoms with Crippen molar-refractivity contribution in [3.8, 4) is 0 Å². The van der Waals surface area contributed by atoms with Crippen LogP contribution in [0.3, 0.4) is 0 Å². The normalized spacial score (nSPS) is 10.5. The minimum atomic E-state index is -0.283. The van der Waals surface area contributed by atoms with Gasteiger partial charge in [0, 0.05) is 33.0 Å². The molecule has 4 N–H and O–H groups in total. The summed E-state index contributed by atoms with van der Waals surface area (Å²) in [6.45, 7) is 4.18. The van der Waals surface area contributed by atoms with E-state index in [1.165, 1.54) is 0 Å². The van der Waals surface area contributed by atoms with E-state index in [0.29, 0.717) is 35.7 Å². The molecule has 0 fully saturated rings. The van der Waals surface area contributed by atoms with Gasteiger partial charge in [-0.3, -0.25) is 9.59 Å². The molecule has 0 aliphatic rings. The maximum Gasteiger partial charge on any atom is 0.272 e. The average molecular weight is 302 g/mol. The second-order valence-corrected chi connectivity index (χ2v) is 5.06. The fraction of sp³-hybridized carbons (Fsp3) is 0.267. The number of amides is 2. The van der Waals surface area contributed by atoms with Gasteiger partial charge in [-0.05, 0) is 18.6 Å². The van der Waals surface area contributed by atoms with E-state index in [1.54, 1.807) is 47.8 Å². The van der Waals surface area contributed by atoms with Crippen molar-refractivity contribution < 1.29 is 9.59 Å². The van der Waals surface area contributed by atoms with E-state index in [-0.39, 0.29) is 11.8 Å². The number of hydrogen-bond acceptors (Lipinski definition) is 3. The third-order valence-electron chi connectivity index (χ3n) is 3.22. The highest BCUT2D eigenvalue weighted by atomic mass is 16.2. The molecule has 0 bridgehead atoms. The Labute approximate surface area is 129 Å². The van der Waals surface area contributed by atoms with Gasteiger partial charge < -0.3 is 25.5 Å². The van der Waals surface area contributed by atoms with E-state index in [9.17, 15) is 9.59 Å². The molecule has 2 aromatic rings. The van der Waals surface area contributed by atoms with E-state index in [0.717, 1.165) is 0 Å². The third-order valence-corrected chi connectivity index (χ3v) is 3.22. The van der Waals surface area contributed by atoms with Crippen LogP contribution in [0.1, 0.15) is 27.4 Å². The molecule has 0 saturated carbocycles. The lowest BCUT2D eigenvalue weighted by Gasteiger charge is -2.03. The largest absolute Gasteiger partial charge is 0.397 e. The number of rotatable bonds is 5. The maximum absolute atomic E-state index is 12.2. The van der Waals surface area contributed by atoms with Gasteiger partial charge in [0.25, 0.3) is 11.8 Å². The van der Waals surface area contributed by atoms with Crippen LogP contribution in [0.15, 0.2) is 24.5 Å². The first kappa shape index (κ1) is 15.7. The Balaban J connectivity index is 2.12. The molecule has 2 heterocycles. The molecule has 7 heteroatoms. The molecule has 7 nitrogen and oxygen atoms in total. The number of aromatic nitrogens is 2. The van der Waals surface area contributed by atoms with Crippen molar-refractivity contribution in [1.29, 1.82) is 0 Å². The Hall–Kier alpha value is -2.70. The van der Waals surface area contributed by atoms with Crippen LogP contribution >= 0.6 is 0 Å². The van der Waals surface area contributed by atoms with Gasteiger partial charge in [-0.2, -0.15) is 0 Å². The van der Waals surface area contributed by atoms with Gasteiger partial charge in [-0.25, -0.2) is 0 Å². The van der Waals surface area contributed by atoms with Gasteiger partial charge in [0.2, 0.25) is 0 Å². The minimum absolute atomic E-state index is 0.199. The van der Waals surface area contributed by atoms with Crippen LogP contribution in [-0.2, 0) is 14.1 Å². The molecule has 0 spiro atoms. The van der Waals surface area contributed by atoms with Crippen molar-refractivity contribution in [2.75, 3.05) is 17.6 Å². The topological polar surface area (TPSA) is 94.1 Å². The molecule has 0 atom stereocenters. The molecule has 0 unspecified atom stereocenters. The number of nitrogens with two attached hydrogens (primary N) is 1. The third kappa shape index (κ3) is 3.30. The van der Waals surface area contributed by atoms with Crippen molar-refractivity contribution >= 4 is 23.2 Å². The molecule has 2 aromatic heterocycles. The monoisotopic (exact) mass is 302 g/mol. The molecular formula is C15H20N5O2. The number of nitrogen functional groups attached to an aromatic ring is 1. The van der Waals surface area contributed by atoms with Gasteiger partial charge in [0.1, 0.15) is 11.4 Å². The summed E-state index contributed by atoms with van der Waals surface area (Å²) >= 11 is 0. The number of carbonyl (C=O) groups is 2. The minimum Gasteiger partial charge on any atom is -0.397 e. The lowest BCUT2D eigenvalue weighted by atomic mass is 10.3. The fourth-order valence-corrected chi connectivity index (χ4v) is 2.16. The standard InChI is InChI=1S/C15H20N5O2/c1-4-5-17-14(21)13-7-11(9-20(13)3)18-15(22)12-6-10(16)8-19(12)2/h6-9H,1,4-5,16H2,2-3H3,(H,17,21)(H,18,22). The highest BCUT2D eigenvalue weighted by Crippen LogP contribution is 2.16. The van der Waals surface area contributed by atoms with Crippen molar-refractivity contribution in [1.82, 2.24) is 14.5 Å². The van der Waals surface area contributed by atoms with Crippen LogP contribution in [0.25, 0.3) is 0 Å². The summed E-state index contributed by atoms with van der Waals surface area (Å²) in [6.07, 6.45) is 3.97. The summed E-state index contributed by atoms with van der Waals surface area (Å²) in [7, 11) is 3.49. The van der Waals surface area contributed by atoms with E-state index >= 15 is 0 Å². The number of hydrogen-bond donors (Lipinski definition) is 3. The van der Waals surface area contributed by atoms with Gasteiger partial charge in [-0.1, -0.05) is 6.92 Å². The summed E-state index contributed by atoms with van der Waals surface area (Å²) in [5, 5.41) is 5.50. The lowest BCUT2D eigenvalue weighted by Crippen LogP contribution is -2.25. The summed E-state index contributed by atoms with van der Waals surface area (Å²) in [4.78, 5) is 24.2. The smallest absolute Gasteiger partial charge is 0.272 e. The number of nitrogens with zero attached hydrogens (tertiary/aromatic N) is 2. The van der Waals surface area contributed by atoms with E-state index in [1.807, 2.05) is 0 Å². The van der Waals surface area contributed by atoms with Gasteiger partial charge in [0.05, 0.1) is 11.4 Å². The first-order chi connectivity index (χ1) is 10.4. The van der Waals surface area contributed by atoms with E-state index in [2.05, 4.69) is 17.6 Å². The molecule has 2 rings (SSSR count). The number of nitrogens with one attached hydrogen (secondary N) is 2. The first-order valence-corrected chi connectivity index (χ1v) is 6.89. The molecule has 1 radical (unpaired) electrons. The van der Waals surface area contributed by atoms with Crippen molar-refractivity contribution in [2.45, 2.75) is 6.42 Å². The maximum atomic E-state index is 12.2. The zero-order valence-corrected chi connectivity index (χ0v) is 12.7. The predicted molar refractivity (Wildman–Crippen MR) is 85.5 cm³/mol. The molecule has 0 aliphatic carbocycles. The van der Waals surface area contributed by atoms with Crippen LogP contribution in [0.4, 0.5) is 11.4 Å². The Morgan fingerprint density at radius 3 is 2.36 bits per heavy atom. The lowest BCUT2D eigenvalue weighted by molar-refractivity contribution is 0.0945. The SMILES string of the molecule is [CH2]CCNC(=O)c1cc(NC(=O)c2cc(N)cn2C)cn1C.